The molecule has 0 aromatic carbocycles. The zero-order valence-electron chi connectivity index (χ0n) is 11.7. The van der Waals surface area contributed by atoms with Gasteiger partial charge in [-0.2, -0.15) is 0 Å². The minimum absolute atomic E-state index is 0.358. The molecule has 102 valence electrons. The molecule has 0 aliphatic carbocycles. The van der Waals surface area contributed by atoms with Gasteiger partial charge in [-0.25, -0.2) is 0 Å². The summed E-state index contributed by atoms with van der Waals surface area (Å²) in [7, 11) is 2.04. The van der Waals surface area contributed by atoms with Crippen LogP contribution in [0.1, 0.15) is 52.4 Å². The van der Waals surface area contributed by atoms with E-state index >= 15 is 0 Å². The predicted octanol–water partition coefficient (Wildman–Crippen LogP) is 2.74. The third kappa shape index (κ3) is 5.36. The second-order valence-corrected chi connectivity index (χ2v) is 4.89. The predicted molar refractivity (Wildman–Crippen MR) is 71.4 cm³/mol. The lowest BCUT2D eigenvalue weighted by atomic mass is 9.99. The first-order chi connectivity index (χ1) is 8.31. The molecule has 0 aromatic heterocycles. The summed E-state index contributed by atoms with van der Waals surface area (Å²) >= 11 is 0. The van der Waals surface area contributed by atoms with Crippen molar-refractivity contribution >= 4 is 0 Å². The van der Waals surface area contributed by atoms with E-state index in [9.17, 15) is 0 Å². The summed E-state index contributed by atoms with van der Waals surface area (Å²) in [4.78, 5) is 0. The number of hydrogen-bond donors (Lipinski definition) is 1. The van der Waals surface area contributed by atoms with Gasteiger partial charge in [-0.15, -0.1) is 0 Å². The Morgan fingerprint density at radius 3 is 2.71 bits per heavy atom. The number of rotatable bonds is 9. The first-order valence-corrected chi connectivity index (χ1v) is 7.22. The van der Waals surface area contributed by atoms with Crippen LogP contribution in [-0.4, -0.2) is 38.5 Å². The maximum Gasteiger partial charge on any atom is 0.0727 e. The lowest BCUT2D eigenvalue weighted by molar-refractivity contribution is 0.0217. The second kappa shape index (κ2) is 8.90. The first-order valence-electron chi connectivity index (χ1n) is 7.22. The topological polar surface area (TPSA) is 30.5 Å². The molecule has 0 amide bonds. The fourth-order valence-corrected chi connectivity index (χ4v) is 2.65. The molecule has 1 rings (SSSR count). The van der Waals surface area contributed by atoms with E-state index in [0.717, 1.165) is 26.1 Å². The number of likely N-dealkylation sites (N-methyl/N-ethyl adjacent to an activating group) is 1. The fraction of sp³-hybridized carbons (Fsp3) is 1.00. The van der Waals surface area contributed by atoms with Crippen LogP contribution in [0.4, 0.5) is 0 Å². The molecule has 1 N–H and O–H groups in total. The third-order valence-electron chi connectivity index (χ3n) is 3.60. The summed E-state index contributed by atoms with van der Waals surface area (Å²) in [6.45, 7) is 6.07. The van der Waals surface area contributed by atoms with Crippen molar-refractivity contribution in [2.75, 3.05) is 20.3 Å². The molecule has 1 aliphatic rings. The van der Waals surface area contributed by atoms with E-state index in [2.05, 4.69) is 19.2 Å². The molecule has 3 atom stereocenters. The minimum Gasteiger partial charge on any atom is -0.378 e. The van der Waals surface area contributed by atoms with Crippen molar-refractivity contribution in [3.8, 4) is 0 Å². The summed E-state index contributed by atoms with van der Waals surface area (Å²) in [5.41, 5.74) is 0. The normalized spacial score (nSPS) is 23.8. The zero-order chi connectivity index (χ0) is 12.5. The highest BCUT2D eigenvalue weighted by atomic mass is 16.5. The Balaban J connectivity index is 2.32. The average Bonchev–Trinajstić information content (AvgIpc) is 2.83. The standard InChI is InChI=1S/C14H29NO2/c1-4-7-14(16-5-2)13(15-3)10-9-12-8-6-11-17-12/h12-15H,4-11H2,1-3H3. The van der Waals surface area contributed by atoms with Gasteiger partial charge in [0.15, 0.2) is 0 Å². The van der Waals surface area contributed by atoms with Crippen molar-refractivity contribution in [3.63, 3.8) is 0 Å². The van der Waals surface area contributed by atoms with Crippen molar-refractivity contribution < 1.29 is 9.47 Å². The molecule has 1 aliphatic heterocycles. The summed E-state index contributed by atoms with van der Waals surface area (Å²) in [6.07, 6.45) is 7.98. The average molecular weight is 243 g/mol. The van der Waals surface area contributed by atoms with E-state index < -0.39 is 0 Å². The molecule has 1 heterocycles. The van der Waals surface area contributed by atoms with Gasteiger partial charge in [0.25, 0.3) is 0 Å². The first kappa shape index (κ1) is 14.9. The summed E-state index contributed by atoms with van der Waals surface area (Å²) in [6, 6.07) is 0.471. The second-order valence-electron chi connectivity index (χ2n) is 4.89. The van der Waals surface area contributed by atoms with Crippen molar-refractivity contribution in [3.05, 3.63) is 0 Å². The van der Waals surface area contributed by atoms with Gasteiger partial charge in [-0.05, 0) is 46.1 Å². The van der Waals surface area contributed by atoms with E-state index in [4.69, 9.17) is 9.47 Å². The van der Waals surface area contributed by atoms with Crippen LogP contribution in [0.5, 0.6) is 0 Å². The Bertz CT molecular complexity index is 175. The van der Waals surface area contributed by atoms with Gasteiger partial charge in [0, 0.05) is 19.3 Å². The van der Waals surface area contributed by atoms with Gasteiger partial charge < -0.3 is 14.8 Å². The molecule has 0 aromatic rings. The highest BCUT2D eigenvalue weighted by Gasteiger charge is 2.22. The van der Waals surface area contributed by atoms with E-state index in [0.29, 0.717) is 18.2 Å². The van der Waals surface area contributed by atoms with Crippen LogP contribution in [0.25, 0.3) is 0 Å². The SMILES string of the molecule is CCCC(OCC)C(CCC1CCCO1)NC. The maximum absolute atomic E-state index is 5.85. The molecule has 1 fully saturated rings. The van der Waals surface area contributed by atoms with Gasteiger partial charge in [0.05, 0.1) is 12.2 Å². The quantitative estimate of drug-likeness (QED) is 0.675. The molecule has 0 spiro atoms. The Labute approximate surface area is 106 Å². The van der Waals surface area contributed by atoms with Gasteiger partial charge in [-0.3, -0.25) is 0 Å². The summed E-state index contributed by atoms with van der Waals surface area (Å²) < 4.78 is 11.5. The molecule has 0 saturated carbocycles. The Kier molecular flexibility index (Phi) is 7.82. The van der Waals surface area contributed by atoms with E-state index in [-0.39, 0.29) is 0 Å². The van der Waals surface area contributed by atoms with E-state index in [1.807, 2.05) is 7.05 Å². The Hall–Kier alpha value is -0.120. The fourth-order valence-electron chi connectivity index (χ4n) is 2.65. The van der Waals surface area contributed by atoms with Gasteiger partial charge >= 0.3 is 0 Å². The highest BCUT2D eigenvalue weighted by molar-refractivity contribution is 4.78. The molecule has 3 unspecified atom stereocenters. The van der Waals surface area contributed by atoms with Crippen LogP contribution in [0, 0.1) is 0 Å². The third-order valence-corrected chi connectivity index (χ3v) is 3.60. The van der Waals surface area contributed by atoms with Gasteiger partial charge in [0.1, 0.15) is 0 Å². The van der Waals surface area contributed by atoms with Crippen LogP contribution in [0.3, 0.4) is 0 Å². The van der Waals surface area contributed by atoms with Crippen LogP contribution in [0.2, 0.25) is 0 Å². The lowest BCUT2D eigenvalue weighted by Gasteiger charge is -2.27. The van der Waals surface area contributed by atoms with E-state index in [1.165, 1.54) is 25.7 Å². The summed E-state index contributed by atoms with van der Waals surface area (Å²) in [5, 5.41) is 3.42. The molecular weight excluding hydrogens is 214 g/mol. The van der Waals surface area contributed by atoms with Crippen LogP contribution in [-0.2, 0) is 9.47 Å². The monoisotopic (exact) mass is 243 g/mol. The maximum atomic E-state index is 5.85. The van der Waals surface area contributed by atoms with E-state index in [1.54, 1.807) is 0 Å². The van der Waals surface area contributed by atoms with Crippen molar-refractivity contribution in [2.24, 2.45) is 0 Å². The molecular formula is C14H29NO2. The molecule has 0 radical (unpaired) electrons. The molecule has 1 saturated heterocycles. The van der Waals surface area contributed by atoms with Crippen LogP contribution < -0.4 is 5.32 Å². The van der Waals surface area contributed by atoms with Crippen LogP contribution >= 0.6 is 0 Å². The number of ether oxygens (including phenoxy) is 2. The highest BCUT2D eigenvalue weighted by Crippen LogP contribution is 2.20. The molecule has 0 bridgehead atoms. The molecule has 3 heteroatoms. The largest absolute Gasteiger partial charge is 0.378 e. The number of nitrogens with one attached hydrogen (secondary N) is 1. The van der Waals surface area contributed by atoms with Crippen molar-refractivity contribution in [2.45, 2.75) is 70.6 Å². The smallest absolute Gasteiger partial charge is 0.0727 e. The zero-order valence-corrected chi connectivity index (χ0v) is 11.7. The lowest BCUT2D eigenvalue weighted by Crippen LogP contribution is -2.40. The summed E-state index contributed by atoms with van der Waals surface area (Å²) in [5.74, 6) is 0. The van der Waals surface area contributed by atoms with Crippen molar-refractivity contribution in [1.82, 2.24) is 5.32 Å². The minimum atomic E-state index is 0.358. The van der Waals surface area contributed by atoms with Gasteiger partial charge in [-0.1, -0.05) is 13.3 Å². The molecule has 3 nitrogen and oxygen atoms in total. The van der Waals surface area contributed by atoms with Crippen LogP contribution in [0.15, 0.2) is 0 Å². The number of hydrogen-bond acceptors (Lipinski definition) is 3. The van der Waals surface area contributed by atoms with Crippen molar-refractivity contribution in [1.29, 1.82) is 0 Å². The van der Waals surface area contributed by atoms with Gasteiger partial charge in [0.2, 0.25) is 0 Å². The Morgan fingerprint density at radius 1 is 1.35 bits per heavy atom. The Morgan fingerprint density at radius 2 is 2.18 bits per heavy atom. The molecule has 17 heavy (non-hydrogen) atoms.